The summed E-state index contributed by atoms with van der Waals surface area (Å²) in [5.41, 5.74) is -0.755. The van der Waals surface area contributed by atoms with Crippen molar-refractivity contribution >= 4 is 11.8 Å². The van der Waals surface area contributed by atoms with Gasteiger partial charge in [-0.3, -0.25) is 0 Å². The molecule has 0 amide bonds. The van der Waals surface area contributed by atoms with Gasteiger partial charge < -0.3 is 9.88 Å². The van der Waals surface area contributed by atoms with Gasteiger partial charge >= 0.3 is 6.18 Å². The Morgan fingerprint density at radius 2 is 2.24 bits per heavy atom. The fourth-order valence-electron chi connectivity index (χ4n) is 3.05. The first-order valence-corrected chi connectivity index (χ1v) is 8.62. The van der Waals surface area contributed by atoms with Crippen molar-refractivity contribution in [3.8, 4) is 0 Å². The van der Waals surface area contributed by atoms with Crippen LogP contribution in [0.25, 0.3) is 0 Å². The second-order valence-electron chi connectivity index (χ2n) is 5.92. The molecule has 2 aliphatic rings. The lowest BCUT2D eigenvalue weighted by Crippen LogP contribution is -2.39. The minimum Gasteiger partial charge on any atom is -0.334 e. The molecule has 118 valence electrons. The summed E-state index contributed by atoms with van der Waals surface area (Å²) in [4.78, 5) is 3.72. The molecule has 0 bridgehead atoms. The molecule has 2 aliphatic heterocycles. The molecule has 3 rings (SSSR count). The van der Waals surface area contributed by atoms with Crippen LogP contribution < -0.4 is 5.32 Å². The number of aromatic nitrogens is 2. The number of hydrogen-bond donors (Lipinski definition) is 1. The van der Waals surface area contributed by atoms with Gasteiger partial charge in [-0.15, -0.1) is 0 Å². The van der Waals surface area contributed by atoms with Crippen molar-refractivity contribution in [1.29, 1.82) is 0 Å². The predicted molar refractivity (Wildman–Crippen MR) is 77.4 cm³/mol. The number of nitrogens with one attached hydrogen (secondary N) is 1. The fraction of sp³-hybridized carbons (Fsp3) is 0.786. The van der Waals surface area contributed by atoms with Gasteiger partial charge in [0.25, 0.3) is 0 Å². The summed E-state index contributed by atoms with van der Waals surface area (Å²) in [5, 5.41) is 3.58. The van der Waals surface area contributed by atoms with Gasteiger partial charge in [-0.2, -0.15) is 24.9 Å². The summed E-state index contributed by atoms with van der Waals surface area (Å²) < 4.78 is 39.7. The Bertz CT molecular complexity index is 480. The van der Waals surface area contributed by atoms with Gasteiger partial charge in [-0.25, -0.2) is 4.98 Å². The number of fused-ring (bicyclic) bond motifs is 1. The van der Waals surface area contributed by atoms with E-state index in [1.807, 2.05) is 11.8 Å². The zero-order valence-electron chi connectivity index (χ0n) is 11.8. The summed E-state index contributed by atoms with van der Waals surface area (Å²) in [6, 6.07) is 0.568. The maximum atomic E-state index is 12.7. The molecule has 7 heteroatoms. The van der Waals surface area contributed by atoms with E-state index in [0.29, 0.717) is 30.7 Å². The third kappa shape index (κ3) is 3.74. The monoisotopic (exact) mass is 319 g/mol. The molecule has 1 N–H and O–H groups in total. The maximum absolute atomic E-state index is 12.7. The van der Waals surface area contributed by atoms with Crippen molar-refractivity contribution in [3.05, 3.63) is 17.7 Å². The molecule has 1 aromatic heterocycles. The highest BCUT2D eigenvalue weighted by atomic mass is 32.2. The number of imidazole rings is 1. The molecule has 0 unspecified atom stereocenters. The molecule has 0 saturated carbocycles. The summed E-state index contributed by atoms with van der Waals surface area (Å²) in [6.07, 6.45) is 0.861. The molecular formula is C14H20F3N3S. The topological polar surface area (TPSA) is 29.9 Å². The molecule has 0 spiro atoms. The molecule has 2 atom stereocenters. The molecule has 1 fully saturated rings. The Balaban J connectivity index is 1.55. The van der Waals surface area contributed by atoms with Gasteiger partial charge in [0.1, 0.15) is 5.82 Å². The molecule has 3 nitrogen and oxygen atoms in total. The third-order valence-electron chi connectivity index (χ3n) is 4.24. The predicted octanol–water partition coefficient (Wildman–Crippen LogP) is 2.95. The first kappa shape index (κ1) is 15.2. The van der Waals surface area contributed by atoms with Crippen LogP contribution in [0.2, 0.25) is 0 Å². The highest BCUT2D eigenvalue weighted by molar-refractivity contribution is 7.99. The van der Waals surface area contributed by atoms with E-state index in [1.165, 1.54) is 18.6 Å². The van der Waals surface area contributed by atoms with Gasteiger partial charge in [0.15, 0.2) is 5.69 Å². The number of alkyl halides is 3. The van der Waals surface area contributed by atoms with Crippen molar-refractivity contribution in [1.82, 2.24) is 14.9 Å². The zero-order valence-corrected chi connectivity index (χ0v) is 12.6. The van der Waals surface area contributed by atoms with Crippen LogP contribution in [0.15, 0.2) is 6.20 Å². The Labute approximate surface area is 126 Å². The minimum absolute atomic E-state index is 0.403. The van der Waals surface area contributed by atoms with Gasteiger partial charge in [-0.05, 0) is 37.5 Å². The number of aryl methyl sites for hydroxylation is 1. The van der Waals surface area contributed by atoms with E-state index < -0.39 is 11.9 Å². The number of thioether (sulfide) groups is 1. The molecule has 0 aromatic carbocycles. The fourth-order valence-corrected chi connectivity index (χ4v) is 4.16. The second kappa shape index (κ2) is 6.20. The van der Waals surface area contributed by atoms with Crippen LogP contribution in [-0.4, -0.2) is 33.6 Å². The Kier molecular flexibility index (Phi) is 4.49. The van der Waals surface area contributed by atoms with Crippen molar-refractivity contribution in [2.45, 2.75) is 44.4 Å². The van der Waals surface area contributed by atoms with Crippen molar-refractivity contribution in [2.75, 3.05) is 18.1 Å². The molecule has 0 radical (unpaired) electrons. The first-order valence-electron chi connectivity index (χ1n) is 7.47. The third-order valence-corrected chi connectivity index (χ3v) is 5.45. The Morgan fingerprint density at radius 1 is 1.38 bits per heavy atom. The molecule has 1 saturated heterocycles. The highest BCUT2D eigenvalue weighted by Crippen LogP contribution is 2.30. The van der Waals surface area contributed by atoms with Gasteiger partial charge in [0, 0.05) is 31.0 Å². The van der Waals surface area contributed by atoms with E-state index in [9.17, 15) is 13.2 Å². The number of nitrogens with zero attached hydrogens (tertiary/aromatic N) is 2. The minimum atomic E-state index is -4.34. The van der Waals surface area contributed by atoms with E-state index in [1.54, 1.807) is 4.57 Å². The standard InChI is InChI=1S/C14H20F3N3S/c15-14(16,17)12-8-20-7-10(3-4-13(20)19-12)6-18-11-2-1-5-21-9-11/h8,10-11,18H,1-7,9H2/t10-,11-/m1/s1. The van der Waals surface area contributed by atoms with Crippen molar-refractivity contribution in [2.24, 2.45) is 5.92 Å². The van der Waals surface area contributed by atoms with Gasteiger partial charge in [-0.1, -0.05) is 0 Å². The lowest BCUT2D eigenvalue weighted by Gasteiger charge is -2.28. The van der Waals surface area contributed by atoms with E-state index >= 15 is 0 Å². The van der Waals surface area contributed by atoms with Crippen LogP contribution in [0.3, 0.4) is 0 Å². The maximum Gasteiger partial charge on any atom is 0.434 e. The van der Waals surface area contributed by atoms with Gasteiger partial charge in [0.05, 0.1) is 0 Å². The second-order valence-corrected chi connectivity index (χ2v) is 7.07. The van der Waals surface area contributed by atoms with Crippen LogP contribution in [0.4, 0.5) is 13.2 Å². The Hall–Kier alpha value is -0.690. The highest BCUT2D eigenvalue weighted by Gasteiger charge is 2.35. The van der Waals surface area contributed by atoms with Crippen molar-refractivity contribution < 1.29 is 13.2 Å². The quantitative estimate of drug-likeness (QED) is 0.929. The van der Waals surface area contributed by atoms with E-state index in [-0.39, 0.29) is 0 Å². The van der Waals surface area contributed by atoms with E-state index in [2.05, 4.69) is 10.3 Å². The summed E-state index contributed by atoms with van der Waals surface area (Å²) in [7, 11) is 0. The molecular weight excluding hydrogens is 299 g/mol. The van der Waals surface area contributed by atoms with Crippen LogP contribution >= 0.6 is 11.8 Å². The average Bonchev–Trinajstić information content (AvgIpc) is 2.89. The normalized spacial score (nSPS) is 26.6. The van der Waals surface area contributed by atoms with Crippen LogP contribution in [0.5, 0.6) is 0 Å². The number of hydrogen-bond acceptors (Lipinski definition) is 3. The molecule has 3 heterocycles. The van der Waals surface area contributed by atoms with E-state index in [0.717, 1.165) is 24.9 Å². The average molecular weight is 319 g/mol. The lowest BCUT2D eigenvalue weighted by molar-refractivity contribution is -0.141. The van der Waals surface area contributed by atoms with Gasteiger partial charge in [0.2, 0.25) is 0 Å². The number of rotatable bonds is 3. The van der Waals surface area contributed by atoms with Crippen LogP contribution in [0.1, 0.15) is 30.8 Å². The summed E-state index contributed by atoms with van der Waals surface area (Å²) in [6.45, 7) is 1.54. The molecule has 1 aromatic rings. The van der Waals surface area contributed by atoms with Crippen molar-refractivity contribution in [3.63, 3.8) is 0 Å². The largest absolute Gasteiger partial charge is 0.434 e. The van der Waals surface area contributed by atoms with Crippen LogP contribution in [-0.2, 0) is 19.1 Å². The number of halogens is 3. The van der Waals surface area contributed by atoms with E-state index in [4.69, 9.17) is 0 Å². The molecule has 21 heavy (non-hydrogen) atoms. The van der Waals surface area contributed by atoms with Crippen LogP contribution in [0, 0.1) is 5.92 Å². The first-order chi connectivity index (χ1) is 10.0. The summed E-state index contributed by atoms with van der Waals surface area (Å²) in [5.74, 6) is 3.38. The Morgan fingerprint density at radius 3 is 2.95 bits per heavy atom. The smallest absolute Gasteiger partial charge is 0.334 e. The lowest BCUT2D eigenvalue weighted by atomic mass is 9.99. The zero-order chi connectivity index (χ0) is 14.9. The molecule has 0 aliphatic carbocycles. The SMILES string of the molecule is FC(F)(F)c1cn2c(n1)CC[C@H](CN[C@@H]1CCCSC1)C2. The summed E-state index contributed by atoms with van der Waals surface area (Å²) >= 11 is 1.98.